The number of nitrogen functional groups attached to an aromatic ring is 1. The molecule has 0 unspecified atom stereocenters. The van der Waals surface area contributed by atoms with Crippen molar-refractivity contribution in [3.05, 3.63) is 23.3 Å². The topological polar surface area (TPSA) is 64.4 Å². The predicted molar refractivity (Wildman–Crippen MR) is 52.7 cm³/mol. The second kappa shape index (κ2) is 3.26. The zero-order chi connectivity index (χ0) is 9.14. The Labute approximate surface area is 72.1 Å². The molecule has 0 radical (unpaired) electrons. The SMILES string of the molecule is Cc1cc(N)c(N=CN)cc1C. The molecular weight excluding hydrogens is 150 g/mol. The van der Waals surface area contributed by atoms with Gasteiger partial charge in [0.15, 0.2) is 0 Å². The summed E-state index contributed by atoms with van der Waals surface area (Å²) in [5.41, 5.74) is 14.6. The number of benzene rings is 1. The van der Waals surface area contributed by atoms with Crippen molar-refractivity contribution in [2.45, 2.75) is 13.8 Å². The molecule has 3 heteroatoms. The lowest BCUT2D eigenvalue weighted by Crippen LogP contribution is -1.92. The van der Waals surface area contributed by atoms with Crippen LogP contribution in [0.15, 0.2) is 17.1 Å². The second-order valence-corrected chi connectivity index (χ2v) is 2.77. The zero-order valence-electron chi connectivity index (χ0n) is 7.33. The summed E-state index contributed by atoms with van der Waals surface area (Å²) in [5.74, 6) is 0. The van der Waals surface area contributed by atoms with E-state index in [1.807, 2.05) is 26.0 Å². The van der Waals surface area contributed by atoms with E-state index in [-0.39, 0.29) is 0 Å². The molecule has 0 heterocycles. The van der Waals surface area contributed by atoms with Crippen LogP contribution in [0.25, 0.3) is 0 Å². The molecular formula is C9H13N3. The van der Waals surface area contributed by atoms with Crippen molar-refractivity contribution in [2.24, 2.45) is 10.7 Å². The van der Waals surface area contributed by atoms with Crippen LogP contribution in [0.3, 0.4) is 0 Å². The van der Waals surface area contributed by atoms with Crippen molar-refractivity contribution >= 4 is 17.7 Å². The summed E-state index contributed by atoms with van der Waals surface area (Å²) in [4.78, 5) is 3.94. The van der Waals surface area contributed by atoms with Gasteiger partial charge in [-0.05, 0) is 37.1 Å². The standard InChI is InChI=1S/C9H13N3/c1-6-3-8(11)9(12-5-10)4-7(6)2/h3-5H,11H2,1-2H3,(H2,10,12). The third kappa shape index (κ3) is 1.56. The van der Waals surface area contributed by atoms with E-state index in [0.717, 1.165) is 5.69 Å². The Morgan fingerprint density at radius 2 is 1.83 bits per heavy atom. The summed E-state index contributed by atoms with van der Waals surface area (Å²) in [6.45, 7) is 4.03. The number of anilines is 1. The molecule has 0 saturated heterocycles. The lowest BCUT2D eigenvalue weighted by Gasteiger charge is -2.04. The molecule has 64 valence electrons. The molecule has 1 rings (SSSR count). The van der Waals surface area contributed by atoms with Gasteiger partial charge < -0.3 is 11.5 Å². The van der Waals surface area contributed by atoms with Gasteiger partial charge in [-0.3, -0.25) is 0 Å². The van der Waals surface area contributed by atoms with Crippen molar-refractivity contribution in [1.82, 2.24) is 0 Å². The van der Waals surface area contributed by atoms with Gasteiger partial charge in [0.2, 0.25) is 0 Å². The first-order chi connectivity index (χ1) is 5.65. The Bertz CT molecular complexity index is 316. The molecule has 0 atom stereocenters. The van der Waals surface area contributed by atoms with Crippen LogP contribution in [0, 0.1) is 13.8 Å². The molecule has 0 aliphatic rings. The number of nitrogens with two attached hydrogens (primary N) is 2. The van der Waals surface area contributed by atoms with Crippen molar-refractivity contribution in [2.75, 3.05) is 5.73 Å². The number of hydrogen-bond donors (Lipinski definition) is 2. The molecule has 1 aromatic carbocycles. The van der Waals surface area contributed by atoms with Crippen molar-refractivity contribution in [3.8, 4) is 0 Å². The van der Waals surface area contributed by atoms with E-state index < -0.39 is 0 Å². The summed E-state index contributed by atoms with van der Waals surface area (Å²) in [6.07, 6.45) is 1.25. The van der Waals surface area contributed by atoms with Gasteiger partial charge in [0, 0.05) is 0 Å². The molecule has 0 amide bonds. The molecule has 0 fully saturated rings. The Kier molecular flexibility index (Phi) is 2.33. The average Bonchev–Trinajstić information content (AvgIpc) is 2.01. The van der Waals surface area contributed by atoms with E-state index in [1.165, 1.54) is 17.5 Å². The quantitative estimate of drug-likeness (QED) is 0.374. The highest BCUT2D eigenvalue weighted by molar-refractivity contribution is 5.70. The molecule has 0 aromatic heterocycles. The fraction of sp³-hybridized carbons (Fsp3) is 0.222. The van der Waals surface area contributed by atoms with E-state index in [9.17, 15) is 0 Å². The molecule has 3 nitrogen and oxygen atoms in total. The van der Waals surface area contributed by atoms with Gasteiger partial charge in [-0.2, -0.15) is 0 Å². The molecule has 0 aliphatic carbocycles. The number of rotatable bonds is 1. The van der Waals surface area contributed by atoms with E-state index in [4.69, 9.17) is 11.5 Å². The van der Waals surface area contributed by atoms with Gasteiger partial charge >= 0.3 is 0 Å². The van der Waals surface area contributed by atoms with Gasteiger partial charge in [-0.15, -0.1) is 0 Å². The highest BCUT2D eigenvalue weighted by Crippen LogP contribution is 2.24. The van der Waals surface area contributed by atoms with Crippen LogP contribution in [0.4, 0.5) is 11.4 Å². The first kappa shape index (κ1) is 8.59. The normalized spacial score (nSPS) is 10.8. The third-order valence-electron chi connectivity index (χ3n) is 1.86. The van der Waals surface area contributed by atoms with Crippen LogP contribution >= 0.6 is 0 Å². The predicted octanol–water partition coefficient (Wildman–Crippen LogP) is 1.50. The zero-order valence-corrected chi connectivity index (χ0v) is 7.33. The fourth-order valence-electron chi connectivity index (χ4n) is 1.02. The van der Waals surface area contributed by atoms with Crippen LogP contribution in [0.2, 0.25) is 0 Å². The van der Waals surface area contributed by atoms with Gasteiger partial charge in [0.05, 0.1) is 17.7 Å². The maximum atomic E-state index is 5.71. The molecule has 4 N–H and O–H groups in total. The number of hydrogen-bond acceptors (Lipinski definition) is 2. The number of aliphatic imine (C=N–C) groups is 1. The summed E-state index contributed by atoms with van der Waals surface area (Å²) in [5, 5.41) is 0. The Morgan fingerprint density at radius 3 is 2.42 bits per heavy atom. The monoisotopic (exact) mass is 163 g/mol. The van der Waals surface area contributed by atoms with Gasteiger partial charge in [0.25, 0.3) is 0 Å². The summed E-state index contributed by atoms with van der Waals surface area (Å²) >= 11 is 0. The van der Waals surface area contributed by atoms with Gasteiger partial charge in [-0.25, -0.2) is 4.99 Å². The minimum absolute atomic E-state index is 0.666. The first-order valence-electron chi connectivity index (χ1n) is 3.76. The molecule has 12 heavy (non-hydrogen) atoms. The van der Waals surface area contributed by atoms with Crippen LogP contribution < -0.4 is 11.5 Å². The molecule has 0 saturated carbocycles. The minimum atomic E-state index is 0.666. The van der Waals surface area contributed by atoms with E-state index in [1.54, 1.807) is 0 Å². The minimum Gasteiger partial charge on any atom is -0.397 e. The fourth-order valence-corrected chi connectivity index (χ4v) is 1.02. The Morgan fingerprint density at radius 1 is 1.25 bits per heavy atom. The first-order valence-corrected chi connectivity index (χ1v) is 3.76. The highest BCUT2D eigenvalue weighted by Gasteiger charge is 1.99. The van der Waals surface area contributed by atoms with Crippen LogP contribution in [-0.2, 0) is 0 Å². The molecule has 0 spiro atoms. The molecule has 0 bridgehead atoms. The third-order valence-corrected chi connectivity index (χ3v) is 1.86. The molecule has 0 aliphatic heterocycles. The van der Waals surface area contributed by atoms with Gasteiger partial charge in [-0.1, -0.05) is 0 Å². The maximum Gasteiger partial charge on any atom is 0.0879 e. The van der Waals surface area contributed by atoms with Crippen molar-refractivity contribution < 1.29 is 0 Å². The Hall–Kier alpha value is -1.51. The van der Waals surface area contributed by atoms with Crippen LogP contribution in [0.1, 0.15) is 11.1 Å². The number of nitrogens with zero attached hydrogens (tertiary/aromatic N) is 1. The van der Waals surface area contributed by atoms with E-state index >= 15 is 0 Å². The molecule has 1 aromatic rings. The van der Waals surface area contributed by atoms with Crippen molar-refractivity contribution in [3.63, 3.8) is 0 Å². The summed E-state index contributed by atoms with van der Waals surface area (Å²) in [6, 6.07) is 3.83. The highest BCUT2D eigenvalue weighted by atomic mass is 14.8. The summed E-state index contributed by atoms with van der Waals surface area (Å²) in [7, 11) is 0. The van der Waals surface area contributed by atoms with Gasteiger partial charge in [0.1, 0.15) is 0 Å². The summed E-state index contributed by atoms with van der Waals surface area (Å²) < 4.78 is 0. The Balaban J connectivity index is 3.23. The smallest absolute Gasteiger partial charge is 0.0879 e. The second-order valence-electron chi connectivity index (χ2n) is 2.77. The van der Waals surface area contributed by atoms with Crippen LogP contribution in [0.5, 0.6) is 0 Å². The largest absolute Gasteiger partial charge is 0.397 e. The van der Waals surface area contributed by atoms with Crippen LogP contribution in [-0.4, -0.2) is 6.34 Å². The lowest BCUT2D eigenvalue weighted by atomic mass is 10.1. The average molecular weight is 163 g/mol. The number of aryl methyl sites for hydroxylation is 2. The van der Waals surface area contributed by atoms with Crippen molar-refractivity contribution in [1.29, 1.82) is 0 Å². The van der Waals surface area contributed by atoms with E-state index in [2.05, 4.69) is 4.99 Å². The lowest BCUT2D eigenvalue weighted by molar-refractivity contribution is 1.33. The maximum absolute atomic E-state index is 5.71. The van der Waals surface area contributed by atoms with E-state index in [0.29, 0.717) is 5.69 Å².